The number of fused-ring (bicyclic) bond motifs is 3. The zero-order chi connectivity index (χ0) is 24.5. The van der Waals surface area contributed by atoms with Crippen molar-refractivity contribution >= 4 is 33.7 Å². The van der Waals surface area contributed by atoms with Gasteiger partial charge in [0.25, 0.3) is 5.91 Å². The van der Waals surface area contributed by atoms with Crippen LogP contribution in [-0.4, -0.2) is 31.1 Å². The zero-order valence-corrected chi connectivity index (χ0v) is 18.4. The van der Waals surface area contributed by atoms with Crippen LogP contribution in [-0.2, 0) is 17.9 Å². The Bertz CT molecular complexity index is 1710. The Morgan fingerprint density at radius 2 is 1.71 bits per heavy atom. The maximum atomic E-state index is 12.5. The number of rotatable bonds is 6. The highest BCUT2D eigenvalue weighted by atomic mass is 16.4. The minimum Gasteiger partial charge on any atom is -0.480 e. The summed E-state index contributed by atoms with van der Waals surface area (Å²) in [5.74, 6) is -1.42. The fourth-order valence-corrected chi connectivity index (χ4v) is 4.19. The molecule has 5 rings (SSSR count). The Hall–Kier alpha value is -4.92. The largest absolute Gasteiger partial charge is 0.480 e. The lowest BCUT2D eigenvalue weighted by atomic mass is 10.1. The minimum absolute atomic E-state index is 0.190. The predicted molar refractivity (Wildman–Crippen MR) is 131 cm³/mol. The summed E-state index contributed by atoms with van der Waals surface area (Å²) < 4.78 is 2.88. The zero-order valence-electron chi connectivity index (χ0n) is 18.4. The van der Waals surface area contributed by atoms with Gasteiger partial charge in [0.1, 0.15) is 6.54 Å². The van der Waals surface area contributed by atoms with Crippen molar-refractivity contribution in [1.82, 2.24) is 19.4 Å². The lowest BCUT2D eigenvalue weighted by Crippen LogP contribution is -2.37. The third-order valence-electron chi connectivity index (χ3n) is 5.80. The standard InChI is InChI=1S/C26H20N4O5/c31-22(32)15-30-23-20-13-18(10-8-16(20)9-11-21(23)28-25(34)26(30)35)29-12-4-7-19(29)14-27-24(33)17-5-2-1-3-6-17/h1-13H,14-15H2,(H,27,33)(H,28,34)(H,31,32). The molecule has 0 atom stereocenters. The number of H-pyrrole nitrogens is 1. The molecule has 1 amide bonds. The van der Waals surface area contributed by atoms with Crippen molar-refractivity contribution in [3.63, 3.8) is 0 Å². The predicted octanol–water partition coefficient (Wildman–Crippen LogP) is 2.65. The van der Waals surface area contributed by atoms with E-state index in [1.807, 2.05) is 47.2 Å². The number of hydrogen-bond acceptors (Lipinski definition) is 4. The summed E-state index contributed by atoms with van der Waals surface area (Å²) in [5, 5.41) is 13.6. The van der Waals surface area contributed by atoms with Crippen LogP contribution in [0.15, 0.2) is 88.6 Å². The van der Waals surface area contributed by atoms with E-state index in [-0.39, 0.29) is 12.5 Å². The number of benzene rings is 3. The molecule has 9 heteroatoms. The van der Waals surface area contributed by atoms with Crippen LogP contribution in [0.5, 0.6) is 0 Å². The van der Waals surface area contributed by atoms with Crippen molar-refractivity contribution in [2.75, 3.05) is 0 Å². The monoisotopic (exact) mass is 468 g/mol. The van der Waals surface area contributed by atoms with Crippen LogP contribution in [0.1, 0.15) is 16.1 Å². The van der Waals surface area contributed by atoms with Gasteiger partial charge in [-0.15, -0.1) is 0 Å². The van der Waals surface area contributed by atoms with Crippen LogP contribution in [0.25, 0.3) is 27.5 Å². The number of amides is 1. The number of carboxylic acid groups (broad SMARTS) is 1. The molecule has 0 saturated heterocycles. The lowest BCUT2D eigenvalue weighted by molar-refractivity contribution is -0.137. The van der Waals surface area contributed by atoms with Gasteiger partial charge in [-0.2, -0.15) is 0 Å². The van der Waals surface area contributed by atoms with Gasteiger partial charge in [-0.1, -0.05) is 30.3 Å². The Morgan fingerprint density at radius 1 is 0.943 bits per heavy atom. The highest BCUT2D eigenvalue weighted by Crippen LogP contribution is 2.26. The normalized spacial score (nSPS) is 11.1. The Morgan fingerprint density at radius 3 is 2.49 bits per heavy atom. The molecule has 174 valence electrons. The number of nitrogens with one attached hydrogen (secondary N) is 2. The first kappa shape index (κ1) is 21.9. The summed E-state index contributed by atoms with van der Waals surface area (Å²) in [6.07, 6.45) is 1.85. The summed E-state index contributed by atoms with van der Waals surface area (Å²) in [7, 11) is 0. The third kappa shape index (κ3) is 4.10. The fourth-order valence-electron chi connectivity index (χ4n) is 4.19. The maximum Gasteiger partial charge on any atom is 0.323 e. The molecule has 0 spiro atoms. The fraction of sp³-hybridized carbons (Fsp3) is 0.0769. The van der Waals surface area contributed by atoms with Crippen LogP contribution in [0.3, 0.4) is 0 Å². The van der Waals surface area contributed by atoms with E-state index in [4.69, 9.17) is 0 Å². The molecule has 2 aromatic heterocycles. The Kier molecular flexibility index (Phi) is 5.50. The van der Waals surface area contributed by atoms with Crippen LogP contribution in [0, 0.1) is 0 Å². The number of aromatic nitrogens is 3. The number of nitrogens with zero attached hydrogens (tertiary/aromatic N) is 2. The van der Waals surface area contributed by atoms with Gasteiger partial charge >= 0.3 is 17.1 Å². The van der Waals surface area contributed by atoms with Crippen LogP contribution < -0.4 is 16.4 Å². The summed E-state index contributed by atoms with van der Waals surface area (Å²) in [6.45, 7) is -0.353. The van der Waals surface area contributed by atoms with Crippen molar-refractivity contribution in [3.8, 4) is 5.69 Å². The number of carbonyl (C=O) groups is 2. The number of carbonyl (C=O) groups excluding carboxylic acids is 1. The molecule has 0 saturated carbocycles. The summed E-state index contributed by atoms with van der Waals surface area (Å²) in [4.78, 5) is 51.0. The summed E-state index contributed by atoms with van der Waals surface area (Å²) in [6, 6.07) is 21.7. The first-order valence-corrected chi connectivity index (χ1v) is 10.8. The van der Waals surface area contributed by atoms with E-state index in [0.717, 1.165) is 21.3 Å². The topological polar surface area (TPSA) is 126 Å². The van der Waals surface area contributed by atoms with Gasteiger partial charge < -0.3 is 20.0 Å². The second kappa shape index (κ2) is 8.79. The molecule has 0 radical (unpaired) electrons. The van der Waals surface area contributed by atoms with Crippen LogP contribution in [0.4, 0.5) is 0 Å². The number of aliphatic carboxylic acids is 1. The van der Waals surface area contributed by atoms with Gasteiger partial charge in [-0.3, -0.25) is 23.7 Å². The van der Waals surface area contributed by atoms with Crippen molar-refractivity contribution < 1.29 is 14.7 Å². The average molecular weight is 468 g/mol. The Balaban J connectivity index is 1.58. The van der Waals surface area contributed by atoms with E-state index < -0.39 is 23.6 Å². The Labute approximate surface area is 197 Å². The van der Waals surface area contributed by atoms with Crippen molar-refractivity contribution in [2.24, 2.45) is 0 Å². The quantitative estimate of drug-likeness (QED) is 0.261. The van der Waals surface area contributed by atoms with Crippen molar-refractivity contribution in [3.05, 3.63) is 111 Å². The maximum absolute atomic E-state index is 12.5. The first-order chi connectivity index (χ1) is 16.9. The molecule has 5 aromatic rings. The van der Waals surface area contributed by atoms with E-state index in [0.29, 0.717) is 22.0 Å². The van der Waals surface area contributed by atoms with Gasteiger partial charge in [0.2, 0.25) is 0 Å². The number of aromatic amines is 1. The van der Waals surface area contributed by atoms with E-state index in [1.165, 1.54) is 0 Å². The van der Waals surface area contributed by atoms with Crippen LogP contribution >= 0.6 is 0 Å². The second-order valence-corrected chi connectivity index (χ2v) is 8.02. The van der Waals surface area contributed by atoms with Crippen molar-refractivity contribution in [2.45, 2.75) is 13.1 Å². The molecule has 0 fully saturated rings. The molecule has 0 bridgehead atoms. The molecule has 9 nitrogen and oxygen atoms in total. The molecule has 3 N–H and O–H groups in total. The van der Waals surface area contributed by atoms with E-state index in [1.54, 1.807) is 36.4 Å². The number of carboxylic acids is 1. The highest BCUT2D eigenvalue weighted by Gasteiger charge is 2.15. The molecule has 0 unspecified atom stereocenters. The summed E-state index contributed by atoms with van der Waals surface area (Å²) in [5.41, 5.74) is 1.03. The van der Waals surface area contributed by atoms with E-state index in [9.17, 15) is 24.3 Å². The van der Waals surface area contributed by atoms with Gasteiger partial charge in [-0.05, 0) is 47.9 Å². The van der Waals surface area contributed by atoms with Gasteiger partial charge in [0.05, 0.1) is 17.6 Å². The van der Waals surface area contributed by atoms with E-state index in [2.05, 4.69) is 10.3 Å². The molecule has 0 aliphatic rings. The van der Waals surface area contributed by atoms with E-state index >= 15 is 0 Å². The molecule has 3 aromatic carbocycles. The first-order valence-electron chi connectivity index (χ1n) is 10.8. The smallest absolute Gasteiger partial charge is 0.323 e. The number of hydrogen-bond donors (Lipinski definition) is 3. The molecule has 2 heterocycles. The van der Waals surface area contributed by atoms with Crippen molar-refractivity contribution in [1.29, 1.82) is 0 Å². The van der Waals surface area contributed by atoms with Gasteiger partial charge in [0.15, 0.2) is 0 Å². The minimum atomic E-state index is -1.23. The molecule has 0 aliphatic carbocycles. The third-order valence-corrected chi connectivity index (χ3v) is 5.80. The SMILES string of the molecule is O=C(O)Cn1c(=O)c(=O)[nH]c2ccc3ccc(-n4cccc4CNC(=O)c4ccccc4)cc3c21. The highest BCUT2D eigenvalue weighted by molar-refractivity contribution is 6.05. The molecule has 35 heavy (non-hydrogen) atoms. The molecular weight excluding hydrogens is 448 g/mol. The summed E-state index contributed by atoms with van der Waals surface area (Å²) >= 11 is 0. The molecule has 0 aliphatic heterocycles. The van der Waals surface area contributed by atoms with Crippen LogP contribution in [0.2, 0.25) is 0 Å². The average Bonchev–Trinajstić information content (AvgIpc) is 3.33. The lowest BCUT2D eigenvalue weighted by Gasteiger charge is -2.14. The van der Waals surface area contributed by atoms with Gasteiger partial charge in [0, 0.05) is 28.5 Å². The molecular formula is C26H20N4O5. The second-order valence-electron chi connectivity index (χ2n) is 8.02. The van der Waals surface area contributed by atoms with Gasteiger partial charge in [-0.25, -0.2) is 0 Å².